The summed E-state index contributed by atoms with van der Waals surface area (Å²) in [5.74, 6) is 0.0164. The van der Waals surface area contributed by atoms with E-state index in [-0.39, 0.29) is 0 Å². The zero-order valence-corrected chi connectivity index (χ0v) is 14.2. The Labute approximate surface area is 148 Å². The molecule has 0 saturated heterocycles. The number of anilines is 2. The maximum atomic E-state index is 12.7. The first kappa shape index (κ1) is 16.4. The van der Waals surface area contributed by atoms with Gasteiger partial charge < -0.3 is 15.6 Å². The third-order valence-corrected chi connectivity index (χ3v) is 4.20. The van der Waals surface area contributed by atoms with Crippen LogP contribution in [-0.4, -0.2) is 11.1 Å². The molecular weight excluding hydrogens is 349 g/mol. The molecule has 3 N–H and O–H groups in total. The van der Waals surface area contributed by atoms with Crippen molar-refractivity contribution < 1.29 is 9.32 Å². The molecule has 0 saturated carbocycles. The van der Waals surface area contributed by atoms with Gasteiger partial charge >= 0.3 is 0 Å². The van der Waals surface area contributed by atoms with Crippen LogP contribution in [0.1, 0.15) is 16.1 Å². The number of nitrogens with two attached hydrogens (primary N) is 1. The predicted molar refractivity (Wildman–Crippen MR) is 95.5 cm³/mol. The summed E-state index contributed by atoms with van der Waals surface area (Å²) in [6.45, 7) is 1.67. The number of benzene rings is 2. The van der Waals surface area contributed by atoms with Crippen molar-refractivity contribution >= 4 is 40.5 Å². The van der Waals surface area contributed by atoms with E-state index in [2.05, 4.69) is 10.5 Å². The smallest absolute Gasteiger partial charge is 0.261 e. The lowest BCUT2D eigenvalue weighted by Crippen LogP contribution is -2.14. The fourth-order valence-electron chi connectivity index (χ4n) is 2.29. The fourth-order valence-corrected chi connectivity index (χ4v) is 2.62. The second-order valence-corrected chi connectivity index (χ2v) is 5.95. The molecule has 2 aromatic carbocycles. The highest BCUT2D eigenvalue weighted by atomic mass is 35.5. The molecule has 0 fully saturated rings. The molecule has 0 spiro atoms. The zero-order chi connectivity index (χ0) is 17.3. The van der Waals surface area contributed by atoms with Gasteiger partial charge in [-0.25, -0.2) is 0 Å². The SMILES string of the molecule is Cc1onc(-c2ccccc2)c1C(=O)Nc1cc(Cl)c(Cl)cc1N. The lowest BCUT2D eigenvalue weighted by molar-refractivity contribution is 0.102. The molecule has 1 amide bonds. The van der Waals surface area contributed by atoms with Gasteiger partial charge in [0.25, 0.3) is 5.91 Å². The van der Waals surface area contributed by atoms with Crippen LogP contribution in [0.3, 0.4) is 0 Å². The summed E-state index contributed by atoms with van der Waals surface area (Å²) in [5.41, 5.74) is 8.15. The minimum Gasteiger partial charge on any atom is -0.397 e. The van der Waals surface area contributed by atoms with Crippen molar-refractivity contribution in [2.24, 2.45) is 0 Å². The summed E-state index contributed by atoms with van der Waals surface area (Å²) in [4.78, 5) is 12.7. The highest BCUT2D eigenvalue weighted by Crippen LogP contribution is 2.32. The van der Waals surface area contributed by atoms with Crippen LogP contribution in [0.2, 0.25) is 10.0 Å². The van der Waals surface area contributed by atoms with Crippen LogP contribution in [0.5, 0.6) is 0 Å². The fraction of sp³-hybridized carbons (Fsp3) is 0.0588. The molecule has 0 aliphatic rings. The standard InChI is InChI=1S/C17H13Cl2N3O2/c1-9-15(16(22-24-9)10-5-3-2-4-6-10)17(23)21-14-8-12(19)11(18)7-13(14)20/h2-8H,20H2,1H3,(H,21,23). The number of nitrogen functional groups attached to an aromatic ring is 1. The highest BCUT2D eigenvalue weighted by Gasteiger charge is 2.22. The van der Waals surface area contributed by atoms with E-state index in [1.54, 1.807) is 6.92 Å². The number of nitrogens with zero attached hydrogens (tertiary/aromatic N) is 1. The number of halogens is 2. The van der Waals surface area contributed by atoms with Crippen molar-refractivity contribution in [1.29, 1.82) is 0 Å². The molecule has 0 aliphatic carbocycles. The predicted octanol–water partition coefficient (Wildman–Crippen LogP) is 4.79. The van der Waals surface area contributed by atoms with Crippen molar-refractivity contribution in [2.45, 2.75) is 6.92 Å². The van der Waals surface area contributed by atoms with E-state index >= 15 is 0 Å². The largest absolute Gasteiger partial charge is 0.397 e. The van der Waals surface area contributed by atoms with Crippen LogP contribution in [0, 0.1) is 6.92 Å². The lowest BCUT2D eigenvalue weighted by atomic mass is 10.1. The molecule has 3 aromatic rings. The normalized spacial score (nSPS) is 10.6. The molecule has 0 unspecified atom stereocenters. The third kappa shape index (κ3) is 3.09. The Bertz CT molecular complexity index is 908. The van der Waals surface area contributed by atoms with E-state index < -0.39 is 5.91 Å². The summed E-state index contributed by atoms with van der Waals surface area (Å²) in [6.07, 6.45) is 0. The summed E-state index contributed by atoms with van der Waals surface area (Å²) in [5, 5.41) is 7.33. The molecule has 3 rings (SSSR count). The van der Waals surface area contributed by atoms with Crippen LogP contribution in [0.15, 0.2) is 47.0 Å². The second-order valence-electron chi connectivity index (χ2n) is 5.14. The highest BCUT2D eigenvalue weighted by molar-refractivity contribution is 6.42. The summed E-state index contributed by atoms with van der Waals surface area (Å²) in [7, 11) is 0. The Morgan fingerprint density at radius 1 is 1.17 bits per heavy atom. The summed E-state index contributed by atoms with van der Waals surface area (Å²) < 4.78 is 5.19. The summed E-state index contributed by atoms with van der Waals surface area (Å²) >= 11 is 11.9. The minimum absolute atomic E-state index is 0.298. The van der Waals surface area contributed by atoms with Crippen molar-refractivity contribution in [2.75, 3.05) is 11.1 Å². The average Bonchev–Trinajstić information content (AvgIpc) is 2.95. The molecule has 0 radical (unpaired) electrons. The average molecular weight is 362 g/mol. The number of aromatic nitrogens is 1. The first-order valence-corrected chi connectivity index (χ1v) is 7.80. The quantitative estimate of drug-likeness (QED) is 0.657. The summed E-state index contributed by atoms with van der Waals surface area (Å²) in [6, 6.07) is 12.3. The lowest BCUT2D eigenvalue weighted by Gasteiger charge is -2.10. The van der Waals surface area contributed by atoms with Crippen molar-refractivity contribution in [3.63, 3.8) is 0 Å². The number of aryl methyl sites for hydroxylation is 1. The first-order valence-electron chi connectivity index (χ1n) is 7.05. The molecule has 1 heterocycles. The molecule has 122 valence electrons. The second kappa shape index (κ2) is 6.55. The van der Waals surface area contributed by atoms with Crippen molar-refractivity contribution in [3.8, 4) is 11.3 Å². The number of carbonyl (C=O) groups excluding carboxylic acids is 1. The number of amides is 1. The molecule has 1 aromatic heterocycles. The van der Waals surface area contributed by atoms with Crippen molar-refractivity contribution in [1.82, 2.24) is 5.16 Å². The number of nitrogens with one attached hydrogen (secondary N) is 1. The maximum absolute atomic E-state index is 12.7. The molecule has 24 heavy (non-hydrogen) atoms. The molecule has 0 aliphatic heterocycles. The molecule has 5 nitrogen and oxygen atoms in total. The van der Waals surface area contributed by atoms with Gasteiger partial charge in [0.2, 0.25) is 0 Å². The van der Waals surface area contributed by atoms with E-state index in [0.717, 1.165) is 5.56 Å². The Hall–Kier alpha value is -2.50. The minimum atomic E-state index is -0.391. The van der Waals surface area contributed by atoms with E-state index in [0.29, 0.717) is 38.4 Å². The van der Waals surface area contributed by atoms with E-state index in [9.17, 15) is 4.79 Å². The molecular formula is C17H13Cl2N3O2. The van der Waals surface area contributed by atoms with Gasteiger partial charge in [-0.05, 0) is 19.1 Å². The van der Waals surface area contributed by atoms with E-state index in [4.69, 9.17) is 33.5 Å². The maximum Gasteiger partial charge on any atom is 0.261 e. The third-order valence-electron chi connectivity index (χ3n) is 3.48. The number of hydrogen-bond donors (Lipinski definition) is 2. The Kier molecular flexibility index (Phi) is 4.46. The van der Waals surface area contributed by atoms with Gasteiger partial charge in [0.15, 0.2) is 0 Å². The molecule has 0 atom stereocenters. The van der Waals surface area contributed by atoms with Crippen LogP contribution in [0.4, 0.5) is 11.4 Å². The Balaban J connectivity index is 1.97. The van der Waals surface area contributed by atoms with Crippen molar-refractivity contribution in [3.05, 3.63) is 63.8 Å². The van der Waals surface area contributed by atoms with Gasteiger partial charge in [-0.15, -0.1) is 0 Å². The van der Waals surface area contributed by atoms with E-state index in [1.807, 2.05) is 30.3 Å². The van der Waals surface area contributed by atoms with Gasteiger partial charge in [-0.1, -0.05) is 58.7 Å². The van der Waals surface area contributed by atoms with Gasteiger partial charge in [0.05, 0.1) is 21.4 Å². The van der Waals surface area contributed by atoms with Gasteiger partial charge in [-0.3, -0.25) is 4.79 Å². The molecule has 0 bridgehead atoms. The topological polar surface area (TPSA) is 81.2 Å². The first-order chi connectivity index (χ1) is 11.5. The van der Waals surface area contributed by atoms with Gasteiger partial charge in [-0.2, -0.15) is 0 Å². The van der Waals surface area contributed by atoms with Crippen LogP contribution in [0.25, 0.3) is 11.3 Å². The number of rotatable bonds is 3. The molecule has 7 heteroatoms. The number of hydrogen-bond acceptors (Lipinski definition) is 4. The van der Waals surface area contributed by atoms with Crippen LogP contribution in [-0.2, 0) is 0 Å². The van der Waals surface area contributed by atoms with Crippen LogP contribution >= 0.6 is 23.2 Å². The zero-order valence-electron chi connectivity index (χ0n) is 12.6. The van der Waals surface area contributed by atoms with Gasteiger partial charge in [0.1, 0.15) is 17.0 Å². The van der Waals surface area contributed by atoms with Crippen LogP contribution < -0.4 is 11.1 Å². The Morgan fingerprint density at radius 2 is 1.83 bits per heavy atom. The number of carbonyl (C=O) groups is 1. The van der Waals surface area contributed by atoms with Gasteiger partial charge in [0, 0.05) is 5.56 Å². The van der Waals surface area contributed by atoms with E-state index in [1.165, 1.54) is 12.1 Å². The monoisotopic (exact) mass is 361 g/mol. The Morgan fingerprint density at radius 3 is 2.54 bits per heavy atom.